The van der Waals surface area contributed by atoms with Crippen molar-refractivity contribution in [2.24, 2.45) is 5.92 Å². The Kier molecular flexibility index (Phi) is 5.31. The number of rotatable bonds is 4. The van der Waals surface area contributed by atoms with Crippen molar-refractivity contribution in [2.75, 3.05) is 39.3 Å². The van der Waals surface area contributed by atoms with E-state index >= 15 is 0 Å². The molecule has 1 N–H and O–H groups in total. The number of piperazine rings is 1. The lowest BCUT2D eigenvalue weighted by atomic mass is 10.00. The van der Waals surface area contributed by atoms with Gasteiger partial charge in [0, 0.05) is 38.8 Å². The van der Waals surface area contributed by atoms with Crippen molar-refractivity contribution in [1.82, 2.24) is 30.1 Å². The quantitative estimate of drug-likeness (QED) is 0.880. The minimum Gasteiger partial charge on any atom is -0.335 e. The number of aromatic nitrogens is 3. The molecule has 0 radical (unpaired) electrons. The lowest BCUT2D eigenvalue weighted by Crippen LogP contribution is -2.51. The van der Waals surface area contributed by atoms with E-state index in [2.05, 4.69) is 20.5 Å². The molecule has 25 heavy (non-hydrogen) atoms. The summed E-state index contributed by atoms with van der Waals surface area (Å²) in [6, 6.07) is 0.752. The van der Waals surface area contributed by atoms with Gasteiger partial charge in [-0.1, -0.05) is 18.1 Å². The first kappa shape index (κ1) is 17.0. The van der Waals surface area contributed by atoms with Crippen LogP contribution in [0.2, 0.25) is 0 Å². The molecule has 0 bridgehead atoms. The third-order valence-electron chi connectivity index (χ3n) is 6.04. The van der Waals surface area contributed by atoms with Crippen LogP contribution in [-0.4, -0.2) is 76.0 Å². The molecule has 7 heteroatoms. The standard InChI is InChI=1S/C18H30N6O/c25-18(23-10-8-22(9-11-23)16-5-1-2-6-16)17-14-24(21-20-17)13-15-4-3-7-19-12-15/h14-16,19H,1-13H2. The summed E-state index contributed by atoms with van der Waals surface area (Å²) in [5, 5.41) is 11.7. The molecule has 1 atom stereocenters. The van der Waals surface area contributed by atoms with Crippen LogP contribution >= 0.6 is 0 Å². The van der Waals surface area contributed by atoms with Gasteiger partial charge in [0.15, 0.2) is 5.69 Å². The van der Waals surface area contributed by atoms with Gasteiger partial charge < -0.3 is 10.2 Å². The molecule has 4 rings (SSSR count). The van der Waals surface area contributed by atoms with Gasteiger partial charge in [0.25, 0.3) is 5.91 Å². The van der Waals surface area contributed by atoms with E-state index < -0.39 is 0 Å². The zero-order valence-electron chi connectivity index (χ0n) is 15.1. The van der Waals surface area contributed by atoms with Crippen LogP contribution in [-0.2, 0) is 6.54 Å². The van der Waals surface area contributed by atoms with Crippen LogP contribution in [0.3, 0.4) is 0 Å². The van der Waals surface area contributed by atoms with Crippen molar-refractivity contribution in [1.29, 1.82) is 0 Å². The van der Waals surface area contributed by atoms with Gasteiger partial charge >= 0.3 is 0 Å². The van der Waals surface area contributed by atoms with Crippen molar-refractivity contribution in [3.8, 4) is 0 Å². The first-order chi connectivity index (χ1) is 12.3. The van der Waals surface area contributed by atoms with Gasteiger partial charge in [-0.25, -0.2) is 0 Å². The fraction of sp³-hybridized carbons (Fsp3) is 0.833. The highest BCUT2D eigenvalue weighted by molar-refractivity contribution is 5.92. The van der Waals surface area contributed by atoms with Crippen LogP contribution in [0.1, 0.15) is 49.0 Å². The molecule has 3 heterocycles. The van der Waals surface area contributed by atoms with E-state index in [0.29, 0.717) is 11.6 Å². The summed E-state index contributed by atoms with van der Waals surface area (Å²) in [4.78, 5) is 17.2. The lowest BCUT2D eigenvalue weighted by Gasteiger charge is -2.37. The normalized spacial score (nSPS) is 26.2. The van der Waals surface area contributed by atoms with Gasteiger partial charge in [-0.05, 0) is 44.7 Å². The number of piperidine rings is 1. The van der Waals surface area contributed by atoms with Crippen LogP contribution in [0.5, 0.6) is 0 Å². The Balaban J connectivity index is 1.29. The summed E-state index contributed by atoms with van der Waals surface area (Å²) in [7, 11) is 0. The predicted octanol–water partition coefficient (Wildman–Crippen LogP) is 0.978. The van der Waals surface area contributed by atoms with E-state index in [9.17, 15) is 4.79 Å². The molecule has 0 aromatic carbocycles. The molecule has 1 aromatic heterocycles. The van der Waals surface area contributed by atoms with E-state index in [0.717, 1.165) is 51.9 Å². The largest absolute Gasteiger partial charge is 0.335 e. The number of carbonyl (C=O) groups excluding carboxylic acids is 1. The third kappa shape index (κ3) is 4.03. The highest BCUT2D eigenvalue weighted by Crippen LogP contribution is 2.24. The van der Waals surface area contributed by atoms with Gasteiger partial charge in [0.1, 0.15) is 0 Å². The molecule has 138 valence electrons. The fourth-order valence-corrected chi connectivity index (χ4v) is 4.55. The van der Waals surface area contributed by atoms with Gasteiger partial charge in [0.2, 0.25) is 0 Å². The fourth-order valence-electron chi connectivity index (χ4n) is 4.55. The van der Waals surface area contributed by atoms with Crippen LogP contribution in [0.25, 0.3) is 0 Å². The zero-order valence-corrected chi connectivity index (χ0v) is 15.1. The Morgan fingerprint density at radius 1 is 1.12 bits per heavy atom. The summed E-state index contributed by atoms with van der Waals surface area (Å²) in [5.74, 6) is 0.632. The first-order valence-electron chi connectivity index (χ1n) is 9.94. The van der Waals surface area contributed by atoms with Crippen molar-refractivity contribution in [3.63, 3.8) is 0 Å². The van der Waals surface area contributed by atoms with Crippen molar-refractivity contribution >= 4 is 5.91 Å². The maximum Gasteiger partial charge on any atom is 0.276 e. The molecular weight excluding hydrogens is 316 g/mol. The molecule has 1 amide bonds. The van der Waals surface area contributed by atoms with Crippen molar-refractivity contribution in [3.05, 3.63) is 11.9 Å². The monoisotopic (exact) mass is 346 g/mol. The topological polar surface area (TPSA) is 66.3 Å². The number of hydrogen-bond acceptors (Lipinski definition) is 5. The molecule has 3 fully saturated rings. The maximum atomic E-state index is 12.7. The number of nitrogens with one attached hydrogen (secondary N) is 1. The molecule has 2 saturated heterocycles. The average molecular weight is 346 g/mol. The minimum atomic E-state index is 0.0408. The maximum absolute atomic E-state index is 12.7. The second kappa shape index (κ2) is 7.83. The van der Waals surface area contributed by atoms with E-state index in [1.165, 1.54) is 38.5 Å². The SMILES string of the molecule is O=C(c1cn(CC2CCCNC2)nn1)N1CCN(C2CCCC2)CC1. The first-order valence-corrected chi connectivity index (χ1v) is 9.94. The predicted molar refractivity (Wildman–Crippen MR) is 95.3 cm³/mol. The smallest absolute Gasteiger partial charge is 0.276 e. The lowest BCUT2D eigenvalue weighted by molar-refractivity contribution is 0.0568. The number of hydrogen-bond donors (Lipinski definition) is 1. The Morgan fingerprint density at radius 2 is 1.92 bits per heavy atom. The van der Waals surface area contributed by atoms with Gasteiger partial charge in [-0.15, -0.1) is 5.10 Å². The highest BCUT2D eigenvalue weighted by atomic mass is 16.2. The zero-order chi connectivity index (χ0) is 17.1. The number of nitrogens with zero attached hydrogens (tertiary/aromatic N) is 5. The molecular formula is C18H30N6O. The summed E-state index contributed by atoms with van der Waals surface area (Å²) >= 11 is 0. The Labute approximate surface area is 149 Å². The molecule has 1 saturated carbocycles. The van der Waals surface area contributed by atoms with Crippen LogP contribution < -0.4 is 5.32 Å². The molecule has 1 aromatic rings. The van der Waals surface area contributed by atoms with Crippen LogP contribution in [0.15, 0.2) is 6.20 Å². The van der Waals surface area contributed by atoms with Gasteiger partial charge in [0.05, 0.1) is 6.20 Å². The van der Waals surface area contributed by atoms with E-state index in [-0.39, 0.29) is 5.91 Å². The summed E-state index contributed by atoms with van der Waals surface area (Å²) in [6.07, 6.45) is 9.67. The van der Waals surface area contributed by atoms with Gasteiger partial charge in [-0.2, -0.15) is 0 Å². The van der Waals surface area contributed by atoms with Crippen molar-refractivity contribution < 1.29 is 4.79 Å². The third-order valence-corrected chi connectivity index (χ3v) is 6.04. The molecule has 0 spiro atoms. The molecule has 7 nitrogen and oxygen atoms in total. The second-order valence-electron chi connectivity index (χ2n) is 7.80. The summed E-state index contributed by atoms with van der Waals surface area (Å²) < 4.78 is 1.85. The van der Waals surface area contributed by atoms with Gasteiger partial charge in [-0.3, -0.25) is 14.4 Å². The number of carbonyl (C=O) groups is 1. The minimum absolute atomic E-state index is 0.0408. The second-order valence-corrected chi connectivity index (χ2v) is 7.80. The summed E-state index contributed by atoms with van der Waals surface area (Å²) in [5.41, 5.74) is 0.498. The number of amides is 1. The molecule has 1 unspecified atom stereocenters. The Bertz CT molecular complexity index is 568. The molecule has 2 aliphatic heterocycles. The van der Waals surface area contributed by atoms with E-state index in [4.69, 9.17) is 0 Å². The Morgan fingerprint density at radius 3 is 2.64 bits per heavy atom. The van der Waals surface area contributed by atoms with Crippen LogP contribution in [0.4, 0.5) is 0 Å². The average Bonchev–Trinajstić information content (AvgIpc) is 3.34. The highest BCUT2D eigenvalue weighted by Gasteiger charge is 2.29. The van der Waals surface area contributed by atoms with E-state index in [1.54, 1.807) is 0 Å². The molecule has 1 aliphatic carbocycles. The van der Waals surface area contributed by atoms with Crippen LogP contribution in [0, 0.1) is 5.92 Å². The Hall–Kier alpha value is -1.47. The summed E-state index contributed by atoms with van der Waals surface area (Å²) in [6.45, 7) is 6.62. The molecule has 3 aliphatic rings. The van der Waals surface area contributed by atoms with E-state index in [1.807, 2.05) is 15.8 Å². The van der Waals surface area contributed by atoms with Crippen molar-refractivity contribution in [2.45, 2.75) is 51.1 Å².